The van der Waals surface area contributed by atoms with Gasteiger partial charge in [-0.1, -0.05) is 31.9 Å². The van der Waals surface area contributed by atoms with Gasteiger partial charge in [-0.2, -0.15) is 0 Å². The summed E-state index contributed by atoms with van der Waals surface area (Å²) in [6.07, 6.45) is 0.800. The van der Waals surface area contributed by atoms with Crippen molar-refractivity contribution in [3.8, 4) is 0 Å². The molecule has 5 heteroatoms. The third-order valence-electron chi connectivity index (χ3n) is 2.10. The van der Waals surface area contributed by atoms with Crippen LogP contribution >= 0.6 is 31.9 Å². The summed E-state index contributed by atoms with van der Waals surface area (Å²) in [5.41, 5.74) is 2.01. The summed E-state index contributed by atoms with van der Waals surface area (Å²) >= 11 is 6.89. The zero-order valence-electron chi connectivity index (χ0n) is 9.00. The van der Waals surface area contributed by atoms with Crippen LogP contribution in [0.5, 0.6) is 0 Å². The highest BCUT2D eigenvalue weighted by molar-refractivity contribution is 9.11. The summed E-state index contributed by atoms with van der Waals surface area (Å²) in [5, 5.41) is 9.09. The molecule has 0 atom stereocenters. The van der Waals surface area contributed by atoms with Crippen LogP contribution in [0.1, 0.15) is 11.1 Å². The van der Waals surface area contributed by atoms with Crippen molar-refractivity contribution in [2.75, 3.05) is 20.5 Å². The molecule has 1 aromatic carbocycles. The quantitative estimate of drug-likeness (QED) is 0.631. The summed E-state index contributed by atoms with van der Waals surface area (Å²) in [6.45, 7) is 0.949. The zero-order chi connectivity index (χ0) is 12.0. The number of benzene rings is 1. The highest BCUT2D eigenvalue weighted by atomic mass is 79.9. The molecule has 0 saturated heterocycles. The second-order valence-corrected chi connectivity index (χ2v) is 4.97. The van der Waals surface area contributed by atoms with Crippen molar-refractivity contribution >= 4 is 31.9 Å². The number of methoxy groups -OCH3 is 1. The average molecular weight is 354 g/mol. The van der Waals surface area contributed by atoms with Gasteiger partial charge < -0.3 is 14.6 Å². The van der Waals surface area contributed by atoms with Gasteiger partial charge in [-0.3, -0.25) is 0 Å². The van der Waals surface area contributed by atoms with Crippen LogP contribution in [0, 0.1) is 0 Å². The van der Waals surface area contributed by atoms with Gasteiger partial charge in [0.05, 0.1) is 13.2 Å². The Morgan fingerprint density at radius 3 is 2.44 bits per heavy atom. The molecular formula is C11H14Br2O3. The van der Waals surface area contributed by atoms with Crippen LogP contribution in [-0.2, 0) is 22.5 Å². The molecule has 0 bridgehead atoms. The zero-order valence-corrected chi connectivity index (χ0v) is 12.2. The van der Waals surface area contributed by atoms with E-state index in [0.717, 1.165) is 26.5 Å². The molecule has 0 saturated carbocycles. The first-order chi connectivity index (χ1) is 7.69. The van der Waals surface area contributed by atoms with Gasteiger partial charge in [0.15, 0.2) is 0 Å². The van der Waals surface area contributed by atoms with Gasteiger partial charge in [-0.05, 0) is 29.7 Å². The number of ether oxygens (including phenoxy) is 2. The van der Waals surface area contributed by atoms with Crippen LogP contribution in [0.25, 0.3) is 0 Å². The number of halogens is 2. The number of hydrogen-bond donors (Lipinski definition) is 1. The second-order valence-electron chi connectivity index (χ2n) is 3.26. The van der Waals surface area contributed by atoms with Gasteiger partial charge in [0.2, 0.25) is 0 Å². The fourth-order valence-electron chi connectivity index (χ4n) is 1.27. The Morgan fingerprint density at radius 1 is 1.19 bits per heavy atom. The minimum Gasteiger partial charge on any atom is -0.392 e. The van der Waals surface area contributed by atoms with E-state index in [2.05, 4.69) is 31.9 Å². The lowest BCUT2D eigenvalue weighted by Gasteiger charge is -2.09. The molecule has 90 valence electrons. The monoisotopic (exact) mass is 352 g/mol. The van der Waals surface area contributed by atoms with Crippen LogP contribution < -0.4 is 0 Å². The lowest BCUT2D eigenvalue weighted by molar-refractivity contribution is -0.0291. The lowest BCUT2D eigenvalue weighted by atomic mass is 10.1. The average Bonchev–Trinajstić information content (AvgIpc) is 2.28. The van der Waals surface area contributed by atoms with Crippen molar-refractivity contribution in [1.82, 2.24) is 0 Å². The standard InChI is InChI=1S/C11H14Br2O3/c1-15-7-16-3-2-8-4-11(13)9(6-14)5-10(8)12/h4-5,14H,2-3,6-7H2,1H3. The fourth-order valence-corrected chi connectivity index (χ4v) is 2.37. The molecule has 1 N–H and O–H groups in total. The second kappa shape index (κ2) is 7.40. The first-order valence-corrected chi connectivity index (χ1v) is 6.42. The van der Waals surface area contributed by atoms with E-state index in [9.17, 15) is 0 Å². The van der Waals surface area contributed by atoms with E-state index >= 15 is 0 Å². The topological polar surface area (TPSA) is 38.7 Å². The number of hydrogen-bond acceptors (Lipinski definition) is 3. The van der Waals surface area contributed by atoms with Crippen molar-refractivity contribution in [2.45, 2.75) is 13.0 Å². The normalized spacial score (nSPS) is 10.8. The third-order valence-corrected chi connectivity index (χ3v) is 3.58. The molecule has 0 fully saturated rings. The fraction of sp³-hybridized carbons (Fsp3) is 0.455. The van der Waals surface area contributed by atoms with Crippen LogP contribution in [0.4, 0.5) is 0 Å². The molecule has 16 heavy (non-hydrogen) atoms. The van der Waals surface area contributed by atoms with Crippen LogP contribution in [0.3, 0.4) is 0 Å². The van der Waals surface area contributed by atoms with Crippen LogP contribution in [-0.4, -0.2) is 25.6 Å². The maximum absolute atomic E-state index is 9.09. The molecule has 3 nitrogen and oxygen atoms in total. The maximum Gasteiger partial charge on any atom is 0.146 e. The molecule has 0 aliphatic carbocycles. The molecule has 0 aromatic heterocycles. The SMILES string of the molecule is COCOCCc1cc(Br)c(CO)cc1Br. The molecular weight excluding hydrogens is 340 g/mol. The molecule has 0 aliphatic rings. The molecule has 1 rings (SSSR count). The van der Waals surface area contributed by atoms with Crippen molar-refractivity contribution in [2.24, 2.45) is 0 Å². The Balaban J connectivity index is 2.63. The Hall–Kier alpha value is 0.0600. The first-order valence-electron chi connectivity index (χ1n) is 4.83. The predicted molar refractivity (Wildman–Crippen MR) is 69.3 cm³/mol. The molecule has 0 unspecified atom stereocenters. The van der Waals surface area contributed by atoms with Crippen molar-refractivity contribution < 1.29 is 14.6 Å². The van der Waals surface area contributed by atoms with Gasteiger partial charge in [-0.25, -0.2) is 0 Å². The number of aliphatic hydroxyl groups is 1. The van der Waals surface area contributed by atoms with Crippen LogP contribution in [0.15, 0.2) is 21.1 Å². The number of rotatable bonds is 6. The number of aliphatic hydroxyl groups excluding tert-OH is 1. The van der Waals surface area contributed by atoms with Crippen LogP contribution in [0.2, 0.25) is 0 Å². The van der Waals surface area contributed by atoms with Crippen molar-refractivity contribution in [3.63, 3.8) is 0 Å². The summed E-state index contributed by atoms with van der Waals surface area (Å²) in [4.78, 5) is 0. The van der Waals surface area contributed by atoms with Crippen molar-refractivity contribution in [3.05, 3.63) is 32.2 Å². The highest BCUT2D eigenvalue weighted by Crippen LogP contribution is 2.26. The Labute approximate surface area is 112 Å². The third kappa shape index (κ3) is 4.14. The van der Waals surface area contributed by atoms with E-state index in [1.54, 1.807) is 7.11 Å². The van der Waals surface area contributed by atoms with E-state index < -0.39 is 0 Å². The lowest BCUT2D eigenvalue weighted by Crippen LogP contribution is -2.02. The first kappa shape index (κ1) is 14.1. The molecule has 0 radical (unpaired) electrons. The Bertz CT molecular complexity index is 342. The van der Waals surface area contributed by atoms with E-state index in [0.29, 0.717) is 13.4 Å². The minimum atomic E-state index is 0.0274. The summed E-state index contributed by atoms with van der Waals surface area (Å²) < 4.78 is 11.9. The van der Waals surface area contributed by atoms with Gasteiger partial charge in [0.1, 0.15) is 6.79 Å². The summed E-state index contributed by atoms with van der Waals surface area (Å²) in [6, 6.07) is 3.90. The summed E-state index contributed by atoms with van der Waals surface area (Å²) in [7, 11) is 1.60. The van der Waals surface area contributed by atoms with E-state index in [-0.39, 0.29) is 6.61 Å². The molecule has 0 aliphatic heterocycles. The molecule has 1 aromatic rings. The predicted octanol–water partition coefficient (Wildman–Crippen LogP) is 2.87. The van der Waals surface area contributed by atoms with Gasteiger partial charge in [0.25, 0.3) is 0 Å². The molecule has 0 amide bonds. The highest BCUT2D eigenvalue weighted by Gasteiger charge is 2.06. The van der Waals surface area contributed by atoms with E-state index in [4.69, 9.17) is 14.6 Å². The largest absolute Gasteiger partial charge is 0.392 e. The van der Waals surface area contributed by atoms with E-state index in [1.165, 1.54) is 0 Å². The van der Waals surface area contributed by atoms with Gasteiger partial charge in [-0.15, -0.1) is 0 Å². The van der Waals surface area contributed by atoms with Crippen molar-refractivity contribution in [1.29, 1.82) is 0 Å². The Kier molecular flexibility index (Phi) is 6.53. The Morgan fingerprint density at radius 2 is 1.81 bits per heavy atom. The van der Waals surface area contributed by atoms with Gasteiger partial charge in [0, 0.05) is 16.1 Å². The minimum absolute atomic E-state index is 0.0274. The van der Waals surface area contributed by atoms with E-state index in [1.807, 2.05) is 12.1 Å². The smallest absolute Gasteiger partial charge is 0.146 e. The maximum atomic E-state index is 9.09. The summed E-state index contributed by atoms with van der Waals surface area (Å²) in [5.74, 6) is 0. The molecule has 0 spiro atoms. The van der Waals surface area contributed by atoms with Gasteiger partial charge >= 0.3 is 0 Å². The molecule has 0 heterocycles.